The van der Waals surface area contributed by atoms with Crippen molar-refractivity contribution in [3.05, 3.63) is 139 Å². The van der Waals surface area contributed by atoms with E-state index in [1.165, 1.54) is 45.8 Å². The Labute approximate surface area is 500 Å². The monoisotopic (exact) mass is 1180 g/mol. The van der Waals surface area contributed by atoms with Gasteiger partial charge in [-0.3, -0.25) is 24.0 Å². The Hall–Kier alpha value is -7.79. The minimum Gasteiger partial charge on any atom is -0.477 e. The summed E-state index contributed by atoms with van der Waals surface area (Å²) in [5.74, 6) is 1.80. The number of rotatable bonds is 15. The summed E-state index contributed by atoms with van der Waals surface area (Å²) in [5, 5.41) is 29.2. The normalized spacial score (nSPS) is 13.6. The lowest BCUT2D eigenvalue weighted by atomic mass is 9.98. The van der Waals surface area contributed by atoms with Crippen LogP contribution in [0.25, 0.3) is 22.5 Å². The van der Waals surface area contributed by atoms with Crippen molar-refractivity contribution in [2.45, 2.75) is 152 Å². The second-order valence-electron chi connectivity index (χ2n) is 23.9. The maximum atomic E-state index is 12.8. The smallest absolute Gasteiger partial charge is 0.407 e. The minimum atomic E-state index is -0.900. The topological polar surface area (TPSA) is 236 Å². The van der Waals surface area contributed by atoms with E-state index in [2.05, 4.69) is 143 Å². The largest absolute Gasteiger partial charge is 0.477 e. The number of anilines is 4. The maximum absolute atomic E-state index is 12.8. The Balaban J connectivity index is 0.000000184. The van der Waals surface area contributed by atoms with Crippen LogP contribution in [0.3, 0.4) is 0 Å². The molecular weight excluding hydrogens is 1100 g/mol. The van der Waals surface area contributed by atoms with Gasteiger partial charge in [0.05, 0.1) is 57.0 Å². The number of aromatic carboxylic acids is 1. The Bertz CT molecular complexity index is 3580. The highest BCUT2D eigenvalue weighted by molar-refractivity contribution is 7.14. The average Bonchev–Trinajstić information content (AvgIpc) is 4.42. The van der Waals surface area contributed by atoms with Gasteiger partial charge in [0.2, 0.25) is 11.9 Å². The van der Waals surface area contributed by atoms with Crippen LogP contribution in [0.5, 0.6) is 0 Å². The second-order valence-corrected chi connectivity index (χ2v) is 26.0. The molecule has 20 nitrogen and oxygen atoms in total. The van der Waals surface area contributed by atoms with Crippen LogP contribution in [0, 0.1) is 13.8 Å². The first kappa shape index (κ1) is 62.3. The zero-order valence-corrected chi connectivity index (χ0v) is 52.3. The van der Waals surface area contributed by atoms with E-state index < -0.39 is 17.7 Å². The van der Waals surface area contributed by atoms with E-state index in [1.807, 2.05) is 77.4 Å². The van der Waals surface area contributed by atoms with E-state index in [1.54, 1.807) is 18.6 Å². The second kappa shape index (κ2) is 26.8. The number of amides is 1. The number of carbonyl (C=O) groups is 3. The summed E-state index contributed by atoms with van der Waals surface area (Å²) < 4.78 is 9.42. The van der Waals surface area contributed by atoms with E-state index in [0.29, 0.717) is 36.2 Å². The number of Topliss-reactive ketones (excluding diaryl/α,β-unsaturated/α-hetero) is 1. The molecule has 10 rings (SSSR count). The van der Waals surface area contributed by atoms with Gasteiger partial charge in [-0.05, 0) is 101 Å². The fourth-order valence-electron chi connectivity index (χ4n) is 9.20. The van der Waals surface area contributed by atoms with Gasteiger partial charge in [0.1, 0.15) is 10.5 Å². The fraction of sp³-hybridized carbons (Fsp3) is 0.435. The third kappa shape index (κ3) is 16.9. The van der Waals surface area contributed by atoms with Crippen molar-refractivity contribution < 1.29 is 24.2 Å². The summed E-state index contributed by atoms with van der Waals surface area (Å²) in [6, 6.07) is 20.3. The molecule has 8 aromatic rings. The highest BCUT2D eigenvalue weighted by Crippen LogP contribution is 2.30. The van der Waals surface area contributed by atoms with Gasteiger partial charge in [-0.25, -0.2) is 39.5 Å². The number of fused-ring (bicyclic) bond motifs is 2. The SMILES string of the molecule is CC(C)(C)c1ncc(C(=O)O)s1.CCN1CCn2nc(Nc3nccc(-c4ccc(CCC(=O)c5cnc(C(C)(C)C)s5)c(C)c4)n3)cc2C1.CCN1CCn2nc(Nc3nccc(-c4ccc(CNC(=O)OC(C)(C)C)c(C)c4)n3)cc2C1. The number of likely N-dealkylation sites (N-methyl/N-ethyl adjacent to an activating group) is 2. The molecule has 22 heteroatoms. The first-order chi connectivity index (χ1) is 39.8. The molecule has 0 unspecified atom stereocenters. The molecule has 4 N–H and O–H groups in total. The molecule has 0 saturated carbocycles. The summed E-state index contributed by atoms with van der Waals surface area (Å²) in [4.78, 5) is 67.8. The third-order valence-corrected chi connectivity index (χ3v) is 16.8. The van der Waals surface area contributed by atoms with Gasteiger partial charge in [-0.1, -0.05) is 79.7 Å². The van der Waals surface area contributed by atoms with Gasteiger partial charge in [-0.2, -0.15) is 10.2 Å². The van der Waals surface area contributed by atoms with Gasteiger partial charge in [0.15, 0.2) is 17.4 Å². The van der Waals surface area contributed by atoms with Crippen molar-refractivity contribution in [3.8, 4) is 22.5 Å². The number of hydrogen-bond donors (Lipinski definition) is 4. The van der Waals surface area contributed by atoms with Crippen LogP contribution in [0.4, 0.5) is 28.3 Å². The van der Waals surface area contributed by atoms with Crippen LogP contribution < -0.4 is 16.0 Å². The molecule has 0 bridgehead atoms. The average molecular weight is 1180 g/mol. The summed E-state index contributed by atoms with van der Waals surface area (Å²) >= 11 is 2.75. The number of aromatic nitrogens is 10. The molecule has 0 aliphatic carbocycles. The maximum Gasteiger partial charge on any atom is 0.407 e. The van der Waals surface area contributed by atoms with Gasteiger partial charge in [-0.15, -0.1) is 22.7 Å². The molecule has 84 heavy (non-hydrogen) atoms. The molecule has 444 valence electrons. The summed E-state index contributed by atoms with van der Waals surface area (Å²) in [6.45, 7) is 34.5. The van der Waals surface area contributed by atoms with Crippen molar-refractivity contribution >= 4 is 64.1 Å². The Morgan fingerprint density at radius 3 is 1.52 bits per heavy atom. The van der Waals surface area contributed by atoms with E-state index in [-0.39, 0.29) is 16.6 Å². The van der Waals surface area contributed by atoms with E-state index in [9.17, 15) is 14.4 Å². The van der Waals surface area contributed by atoms with Crippen molar-refractivity contribution in [1.82, 2.24) is 64.6 Å². The lowest BCUT2D eigenvalue weighted by Gasteiger charge is -2.25. The van der Waals surface area contributed by atoms with Crippen LogP contribution in [-0.4, -0.2) is 114 Å². The van der Waals surface area contributed by atoms with Crippen LogP contribution in [-0.2, 0) is 54.7 Å². The first-order valence-corrected chi connectivity index (χ1v) is 30.1. The molecule has 0 saturated heterocycles. The highest BCUT2D eigenvalue weighted by Gasteiger charge is 2.24. The van der Waals surface area contributed by atoms with Crippen LogP contribution in [0.1, 0.15) is 146 Å². The number of nitrogens with one attached hydrogen (secondary N) is 3. The van der Waals surface area contributed by atoms with E-state index >= 15 is 0 Å². The number of carboxylic acid groups (broad SMARTS) is 1. The number of ketones is 1. The predicted molar refractivity (Wildman–Crippen MR) is 332 cm³/mol. The van der Waals surface area contributed by atoms with Crippen molar-refractivity contribution in [3.63, 3.8) is 0 Å². The number of thiazole rings is 2. The van der Waals surface area contributed by atoms with Crippen LogP contribution >= 0.6 is 22.7 Å². The number of benzene rings is 2. The molecule has 2 aliphatic heterocycles. The molecule has 0 radical (unpaired) electrons. The molecule has 0 atom stereocenters. The molecule has 1 amide bonds. The molecule has 6 aromatic heterocycles. The summed E-state index contributed by atoms with van der Waals surface area (Å²) in [7, 11) is 0. The van der Waals surface area contributed by atoms with Gasteiger partial charge >= 0.3 is 12.1 Å². The molecule has 0 spiro atoms. The van der Waals surface area contributed by atoms with Crippen molar-refractivity contribution in [2.75, 3.05) is 36.8 Å². The lowest BCUT2D eigenvalue weighted by Crippen LogP contribution is -2.33. The highest BCUT2D eigenvalue weighted by atomic mass is 32.1. The van der Waals surface area contributed by atoms with E-state index in [4.69, 9.17) is 14.8 Å². The van der Waals surface area contributed by atoms with Gasteiger partial charge < -0.3 is 25.8 Å². The molecular formula is C62H79N15O5S2. The quantitative estimate of drug-likeness (QED) is 0.0698. The van der Waals surface area contributed by atoms with Crippen LogP contribution in [0.2, 0.25) is 0 Å². The molecule has 0 fully saturated rings. The number of carboxylic acids is 1. The number of aryl methyl sites for hydroxylation is 3. The fourth-order valence-corrected chi connectivity index (χ4v) is 11.0. The lowest BCUT2D eigenvalue weighted by molar-refractivity contribution is 0.0522. The first-order valence-electron chi connectivity index (χ1n) is 28.4. The zero-order valence-electron chi connectivity index (χ0n) is 50.6. The standard InChI is InChI=1S/C29H35N7OS.C25H33N7O2.C8H11NO2S/c1-6-35-13-14-36-22(18-35)16-26(34-36)33-28-30-12-11-23(32-28)21-8-7-20(19(2)15-21)9-10-24(37)25-17-31-27(38-25)29(3,4)5;1-6-31-11-12-32-20(16-31)14-22(30-32)29-23-26-10-9-21(28-23)18-7-8-19(17(2)13-18)15-27-24(33)34-25(3,4)5;1-8(2,3)7-9-4-5(12-7)6(10)11/h7-8,11-12,15-17H,6,9-10,13-14,18H2,1-5H3,(H,30,32,33,34);7-10,13-14H,6,11-12,15-16H2,1-5H3,(H,27,33)(H,26,28,29,30);4H,1-3H3,(H,10,11). The van der Waals surface area contributed by atoms with Gasteiger partial charge in [0, 0.05) is 91.8 Å². The number of alkyl carbamates (subject to hydrolysis) is 1. The molecule has 2 aliphatic rings. The molecule has 8 heterocycles. The Morgan fingerprint density at radius 1 is 0.619 bits per heavy atom. The summed E-state index contributed by atoms with van der Waals surface area (Å²) in [6.07, 6.45) is 7.39. The Morgan fingerprint density at radius 2 is 1.10 bits per heavy atom. The Kier molecular flexibility index (Phi) is 19.9. The van der Waals surface area contributed by atoms with E-state index in [0.717, 1.165) is 118 Å². The van der Waals surface area contributed by atoms with Gasteiger partial charge in [0.25, 0.3) is 0 Å². The molecule has 2 aromatic carbocycles. The number of hydrogen-bond acceptors (Lipinski definition) is 18. The predicted octanol–water partition coefficient (Wildman–Crippen LogP) is 12.2. The number of ether oxygens (including phenoxy) is 1. The minimum absolute atomic E-state index is 0.0410. The van der Waals surface area contributed by atoms with Crippen LogP contribution in [0.15, 0.2) is 85.5 Å². The van der Waals surface area contributed by atoms with Crippen molar-refractivity contribution in [1.29, 1.82) is 0 Å². The number of nitrogens with zero attached hydrogens (tertiary/aromatic N) is 12. The number of carbonyl (C=O) groups excluding carboxylic acids is 2. The zero-order chi connectivity index (χ0) is 60.5. The third-order valence-electron chi connectivity index (χ3n) is 13.9. The summed E-state index contributed by atoms with van der Waals surface area (Å²) in [5.41, 5.74) is 9.81. The van der Waals surface area contributed by atoms with Crippen molar-refractivity contribution in [2.24, 2.45) is 0 Å².